The van der Waals surface area contributed by atoms with Gasteiger partial charge in [0.05, 0.1) is 5.69 Å². The van der Waals surface area contributed by atoms with Crippen molar-refractivity contribution in [3.05, 3.63) is 17.5 Å². The molecule has 0 bridgehead atoms. The second-order valence-corrected chi connectivity index (χ2v) is 4.97. The van der Waals surface area contributed by atoms with Crippen molar-refractivity contribution in [2.75, 3.05) is 19.6 Å². The largest absolute Gasteiger partial charge is 0.361 e. The number of nitrogens with one attached hydrogen (secondary N) is 1. The maximum absolute atomic E-state index is 5.09. The molecule has 2 rings (SSSR count). The Labute approximate surface area is 97.0 Å². The third kappa shape index (κ3) is 2.83. The van der Waals surface area contributed by atoms with Gasteiger partial charge in [0.15, 0.2) is 0 Å². The molecule has 1 saturated heterocycles. The Morgan fingerprint density at radius 2 is 2.44 bits per heavy atom. The molecule has 0 amide bonds. The number of aryl methyl sites for hydroxylation is 1. The van der Waals surface area contributed by atoms with Crippen LogP contribution in [0.4, 0.5) is 0 Å². The topological polar surface area (TPSA) is 41.3 Å². The second kappa shape index (κ2) is 4.97. The van der Waals surface area contributed by atoms with Crippen LogP contribution < -0.4 is 5.32 Å². The van der Waals surface area contributed by atoms with Crippen molar-refractivity contribution in [1.82, 2.24) is 15.4 Å². The quantitative estimate of drug-likeness (QED) is 0.841. The molecule has 16 heavy (non-hydrogen) atoms. The first-order valence-electron chi connectivity index (χ1n) is 6.03. The van der Waals surface area contributed by atoms with Gasteiger partial charge in [0, 0.05) is 38.3 Å². The molecule has 1 unspecified atom stereocenters. The molecule has 1 aromatic rings. The molecule has 0 saturated carbocycles. The van der Waals surface area contributed by atoms with E-state index in [0.29, 0.717) is 12.0 Å². The molecular formula is C12H21N3O. The molecule has 0 aromatic carbocycles. The van der Waals surface area contributed by atoms with Gasteiger partial charge in [-0.3, -0.25) is 4.90 Å². The molecule has 1 aliphatic rings. The summed E-state index contributed by atoms with van der Waals surface area (Å²) in [6.07, 6.45) is 0. The van der Waals surface area contributed by atoms with Crippen LogP contribution in [0, 0.1) is 12.8 Å². The molecule has 1 aromatic heterocycles. The van der Waals surface area contributed by atoms with Crippen LogP contribution in [-0.4, -0.2) is 35.7 Å². The van der Waals surface area contributed by atoms with Gasteiger partial charge in [-0.2, -0.15) is 0 Å². The minimum atomic E-state index is 0.599. The fraction of sp³-hybridized carbons (Fsp3) is 0.750. The predicted molar refractivity (Wildman–Crippen MR) is 63.1 cm³/mol. The Bertz CT molecular complexity index is 335. The van der Waals surface area contributed by atoms with E-state index in [9.17, 15) is 0 Å². The molecule has 2 heterocycles. The van der Waals surface area contributed by atoms with Gasteiger partial charge in [-0.05, 0) is 12.8 Å². The number of nitrogens with zero attached hydrogens (tertiary/aromatic N) is 2. The van der Waals surface area contributed by atoms with Gasteiger partial charge >= 0.3 is 0 Å². The van der Waals surface area contributed by atoms with E-state index in [4.69, 9.17) is 4.52 Å². The summed E-state index contributed by atoms with van der Waals surface area (Å²) in [5.74, 6) is 1.58. The number of piperazine rings is 1. The smallest absolute Gasteiger partial charge is 0.133 e. The van der Waals surface area contributed by atoms with E-state index in [1.165, 1.54) is 0 Å². The molecule has 0 radical (unpaired) electrons. The van der Waals surface area contributed by atoms with Gasteiger partial charge in [0.2, 0.25) is 0 Å². The Morgan fingerprint density at radius 1 is 1.62 bits per heavy atom. The molecule has 4 nitrogen and oxygen atoms in total. The predicted octanol–water partition coefficient (Wildman–Crippen LogP) is 1.41. The molecule has 4 heteroatoms. The van der Waals surface area contributed by atoms with Gasteiger partial charge in [-0.1, -0.05) is 19.0 Å². The summed E-state index contributed by atoms with van der Waals surface area (Å²) in [6, 6.07) is 2.62. The highest BCUT2D eigenvalue weighted by Gasteiger charge is 2.22. The van der Waals surface area contributed by atoms with Gasteiger partial charge in [0.1, 0.15) is 5.76 Å². The first-order chi connectivity index (χ1) is 7.65. The zero-order valence-electron chi connectivity index (χ0n) is 10.4. The van der Waals surface area contributed by atoms with Crippen LogP contribution in [0.25, 0.3) is 0 Å². The van der Waals surface area contributed by atoms with Crippen molar-refractivity contribution in [2.24, 2.45) is 5.92 Å². The monoisotopic (exact) mass is 223 g/mol. The minimum absolute atomic E-state index is 0.599. The van der Waals surface area contributed by atoms with E-state index < -0.39 is 0 Å². The van der Waals surface area contributed by atoms with E-state index in [2.05, 4.69) is 29.2 Å². The Balaban J connectivity index is 1.90. The number of hydrogen-bond acceptors (Lipinski definition) is 4. The van der Waals surface area contributed by atoms with Gasteiger partial charge in [-0.15, -0.1) is 0 Å². The van der Waals surface area contributed by atoms with Crippen LogP contribution in [0.1, 0.15) is 25.3 Å². The second-order valence-electron chi connectivity index (χ2n) is 4.97. The third-order valence-electron chi connectivity index (χ3n) is 3.16. The summed E-state index contributed by atoms with van der Waals surface area (Å²) >= 11 is 0. The highest BCUT2D eigenvalue weighted by Crippen LogP contribution is 2.11. The lowest BCUT2D eigenvalue weighted by Crippen LogP contribution is -2.52. The van der Waals surface area contributed by atoms with E-state index in [0.717, 1.165) is 37.6 Å². The lowest BCUT2D eigenvalue weighted by molar-refractivity contribution is 0.165. The SMILES string of the molecule is Cc1cc(CN2CCNC(C(C)C)C2)no1. The van der Waals surface area contributed by atoms with Crippen LogP contribution in [-0.2, 0) is 6.54 Å². The standard InChI is InChI=1S/C12H21N3O/c1-9(2)12-8-15(5-4-13-12)7-11-6-10(3)16-14-11/h6,9,12-13H,4-5,7-8H2,1-3H3. The highest BCUT2D eigenvalue weighted by atomic mass is 16.5. The van der Waals surface area contributed by atoms with Crippen LogP contribution in [0.15, 0.2) is 10.6 Å². The average Bonchev–Trinajstić information content (AvgIpc) is 2.64. The minimum Gasteiger partial charge on any atom is -0.361 e. The van der Waals surface area contributed by atoms with Gasteiger partial charge in [0.25, 0.3) is 0 Å². The third-order valence-corrected chi connectivity index (χ3v) is 3.16. The first kappa shape index (κ1) is 11.6. The lowest BCUT2D eigenvalue weighted by atomic mass is 10.0. The van der Waals surface area contributed by atoms with Gasteiger partial charge in [-0.25, -0.2) is 0 Å². The maximum atomic E-state index is 5.09. The van der Waals surface area contributed by atoms with Crippen molar-refractivity contribution >= 4 is 0 Å². The highest BCUT2D eigenvalue weighted by molar-refractivity contribution is 5.03. The fourth-order valence-electron chi connectivity index (χ4n) is 2.15. The molecule has 1 atom stereocenters. The molecule has 90 valence electrons. The van der Waals surface area contributed by atoms with Crippen molar-refractivity contribution in [2.45, 2.75) is 33.4 Å². The zero-order valence-corrected chi connectivity index (χ0v) is 10.4. The van der Waals surface area contributed by atoms with Gasteiger partial charge < -0.3 is 9.84 Å². The van der Waals surface area contributed by atoms with E-state index in [1.807, 2.05) is 13.0 Å². The van der Waals surface area contributed by atoms with Crippen molar-refractivity contribution in [1.29, 1.82) is 0 Å². The van der Waals surface area contributed by atoms with E-state index >= 15 is 0 Å². The summed E-state index contributed by atoms with van der Waals surface area (Å²) in [7, 11) is 0. The van der Waals surface area contributed by atoms with E-state index in [-0.39, 0.29) is 0 Å². The lowest BCUT2D eigenvalue weighted by Gasteiger charge is -2.35. The van der Waals surface area contributed by atoms with Crippen molar-refractivity contribution in [3.8, 4) is 0 Å². The summed E-state index contributed by atoms with van der Waals surface area (Å²) in [6.45, 7) is 10.6. The van der Waals surface area contributed by atoms with E-state index in [1.54, 1.807) is 0 Å². The molecule has 0 aliphatic carbocycles. The summed E-state index contributed by atoms with van der Waals surface area (Å²) in [5, 5.41) is 7.60. The van der Waals surface area contributed by atoms with Crippen molar-refractivity contribution in [3.63, 3.8) is 0 Å². The van der Waals surface area contributed by atoms with Crippen LogP contribution in [0.5, 0.6) is 0 Å². The number of rotatable bonds is 3. The molecule has 1 fully saturated rings. The summed E-state index contributed by atoms with van der Waals surface area (Å²) in [4.78, 5) is 2.44. The Hall–Kier alpha value is -0.870. The van der Waals surface area contributed by atoms with Crippen LogP contribution in [0.3, 0.4) is 0 Å². The Kier molecular flexibility index (Phi) is 3.61. The first-order valence-corrected chi connectivity index (χ1v) is 6.03. The normalized spacial score (nSPS) is 22.9. The average molecular weight is 223 g/mol. The fourth-order valence-corrected chi connectivity index (χ4v) is 2.15. The summed E-state index contributed by atoms with van der Waals surface area (Å²) in [5.41, 5.74) is 1.04. The zero-order chi connectivity index (χ0) is 11.5. The molecular weight excluding hydrogens is 202 g/mol. The van der Waals surface area contributed by atoms with Crippen LogP contribution in [0.2, 0.25) is 0 Å². The molecule has 0 spiro atoms. The molecule has 1 aliphatic heterocycles. The number of aromatic nitrogens is 1. The number of hydrogen-bond donors (Lipinski definition) is 1. The Morgan fingerprint density at radius 3 is 3.06 bits per heavy atom. The van der Waals surface area contributed by atoms with Crippen molar-refractivity contribution < 1.29 is 4.52 Å². The van der Waals surface area contributed by atoms with Crippen LogP contribution >= 0.6 is 0 Å². The summed E-state index contributed by atoms with van der Waals surface area (Å²) < 4.78 is 5.09. The molecule has 1 N–H and O–H groups in total. The maximum Gasteiger partial charge on any atom is 0.133 e.